The van der Waals surface area contributed by atoms with Crippen LogP contribution in [0.25, 0.3) is 0 Å². The second kappa shape index (κ2) is 5.01. The van der Waals surface area contributed by atoms with E-state index in [4.69, 9.17) is 9.47 Å². The Hall–Kier alpha value is -2.15. The van der Waals surface area contributed by atoms with Crippen LogP contribution in [0.3, 0.4) is 0 Å². The third-order valence-electron chi connectivity index (χ3n) is 2.66. The lowest BCUT2D eigenvalue weighted by molar-refractivity contribution is -0.385. The third-order valence-corrected chi connectivity index (χ3v) is 2.66. The number of hydrogen-bond acceptors (Lipinski definition) is 5. The number of nitro benzene ring substituents is 1. The van der Waals surface area contributed by atoms with Gasteiger partial charge in [-0.3, -0.25) is 14.9 Å². The number of methoxy groups -OCH3 is 1. The summed E-state index contributed by atoms with van der Waals surface area (Å²) in [6.07, 6.45) is 0. The van der Waals surface area contributed by atoms with E-state index in [1.165, 1.54) is 30.2 Å². The van der Waals surface area contributed by atoms with Crippen molar-refractivity contribution in [2.24, 2.45) is 0 Å². The summed E-state index contributed by atoms with van der Waals surface area (Å²) in [7, 11) is 1.35. The standard InChI is InChI=1S/C11H12N2O5/c1-17-10-6-8(2-3-9(10)13(15)16)12-4-5-18-7-11(12)14/h2-3,6H,4-5,7H2,1H3. The van der Waals surface area contributed by atoms with Crippen LogP contribution in [0.1, 0.15) is 0 Å². The number of carbonyl (C=O) groups excluding carboxylic acids is 1. The summed E-state index contributed by atoms with van der Waals surface area (Å²) in [5.74, 6) is -0.0334. The Bertz CT molecular complexity index is 488. The van der Waals surface area contributed by atoms with Crippen molar-refractivity contribution in [1.82, 2.24) is 0 Å². The lowest BCUT2D eigenvalue weighted by Crippen LogP contribution is -2.41. The molecule has 1 aliphatic heterocycles. The van der Waals surface area contributed by atoms with Crippen molar-refractivity contribution in [2.75, 3.05) is 31.8 Å². The van der Waals surface area contributed by atoms with Gasteiger partial charge in [0, 0.05) is 24.4 Å². The predicted octanol–water partition coefficient (Wildman–Crippen LogP) is 0.967. The van der Waals surface area contributed by atoms with Gasteiger partial charge in [-0.1, -0.05) is 0 Å². The minimum atomic E-state index is -0.524. The molecule has 0 bridgehead atoms. The fraction of sp³-hybridized carbons (Fsp3) is 0.364. The van der Waals surface area contributed by atoms with Crippen molar-refractivity contribution < 1.29 is 19.2 Å². The SMILES string of the molecule is COc1cc(N2CCOCC2=O)ccc1[N+](=O)[O-]. The summed E-state index contributed by atoms with van der Waals surface area (Å²) in [5.41, 5.74) is 0.452. The van der Waals surface area contributed by atoms with Crippen LogP contribution in [-0.2, 0) is 9.53 Å². The molecule has 0 aromatic heterocycles. The van der Waals surface area contributed by atoms with Crippen molar-refractivity contribution >= 4 is 17.3 Å². The van der Waals surface area contributed by atoms with Gasteiger partial charge >= 0.3 is 5.69 Å². The van der Waals surface area contributed by atoms with E-state index < -0.39 is 4.92 Å². The smallest absolute Gasteiger partial charge is 0.311 e. The predicted molar refractivity (Wildman–Crippen MR) is 62.8 cm³/mol. The second-order valence-corrected chi connectivity index (χ2v) is 3.71. The van der Waals surface area contributed by atoms with Gasteiger partial charge in [0.05, 0.1) is 18.6 Å². The quantitative estimate of drug-likeness (QED) is 0.591. The number of benzene rings is 1. The number of morpholine rings is 1. The van der Waals surface area contributed by atoms with Gasteiger partial charge in [-0.2, -0.15) is 0 Å². The molecule has 1 aromatic rings. The van der Waals surface area contributed by atoms with Gasteiger partial charge in [-0.15, -0.1) is 0 Å². The van der Waals surface area contributed by atoms with Crippen LogP contribution >= 0.6 is 0 Å². The Morgan fingerprint density at radius 1 is 1.50 bits per heavy atom. The topological polar surface area (TPSA) is 81.9 Å². The van der Waals surface area contributed by atoms with E-state index in [2.05, 4.69) is 0 Å². The summed E-state index contributed by atoms with van der Waals surface area (Å²) in [5, 5.41) is 10.8. The maximum Gasteiger partial charge on any atom is 0.311 e. The molecule has 1 saturated heterocycles. The zero-order valence-corrected chi connectivity index (χ0v) is 9.79. The lowest BCUT2D eigenvalue weighted by Gasteiger charge is -2.26. The van der Waals surface area contributed by atoms with Gasteiger partial charge in [0.2, 0.25) is 0 Å². The Balaban J connectivity index is 2.34. The first-order valence-electron chi connectivity index (χ1n) is 5.34. The molecule has 0 atom stereocenters. The molecule has 0 spiro atoms. The van der Waals surface area contributed by atoms with E-state index in [0.29, 0.717) is 18.8 Å². The highest BCUT2D eigenvalue weighted by Crippen LogP contribution is 2.31. The fourth-order valence-corrected chi connectivity index (χ4v) is 1.78. The zero-order chi connectivity index (χ0) is 13.1. The second-order valence-electron chi connectivity index (χ2n) is 3.71. The van der Waals surface area contributed by atoms with Gasteiger partial charge in [0.15, 0.2) is 5.75 Å². The van der Waals surface area contributed by atoms with E-state index in [-0.39, 0.29) is 24.0 Å². The molecule has 0 unspecified atom stereocenters. The molecule has 0 aliphatic carbocycles. The number of rotatable bonds is 3. The molecule has 1 fully saturated rings. The van der Waals surface area contributed by atoms with Crippen molar-refractivity contribution in [2.45, 2.75) is 0 Å². The highest BCUT2D eigenvalue weighted by Gasteiger charge is 2.23. The van der Waals surface area contributed by atoms with Crippen molar-refractivity contribution in [1.29, 1.82) is 0 Å². The monoisotopic (exact) mass is 252 g/mol. The summed E-state index contributed by atoms with van der Waals surface area (Å²) >= 11 is 0. The molecule has 7 heteroatoms. The molecule has 1 amide bonds. The number of nitrogens with zero attached hydrogens (tertiary/aromatic N) is 2. The maximum atomic E-state index is 11.6. The highest BCUT2D eigenvalue weighted by atomic mass is 16.6. The number of amides is 1. The van der Waals surface area contributed by atoms with Crippen LogP contribution in [0, 0.1) is 10.1 Å². The van der Waals surface area contributed by atoms with E-state index in [1.54, 1.807) is 0 Å². The van der Waals surface area contributed by atoms with Crippen LogP contribution in [0.15, 0.2) is 18.2 Å². The van der Waals surface area contributed by atoms with Gasteiger partial charge in [-0.25, -0.2) is 0 Å². The Labute approximate surface area is 103 Å². The number of hydrogen-bond donors (Lipinski definition) is 0. The molecule has 18 heavy (non-hydrogen) atoms. The summed E-state index contributed by atoms with van der Waals surface area (Å²) in [4.78, 5) is 23.4. The Morgan fingerprint density at radius 2 is 2.28 bits per heavy atom. The van der Waals surface area contributed by atoms with Crippen LogP contribution in [-0.4, -0.2) is 37.7 Å². The summed E-state index contributed by atoms with van der Waals surface area (Å²) < 4.78 is 9.98. The molecule has 0 N–H and O–H groups in total. The first-order valence-corrected chi connectivity index (χ1v) is 5.34. The first-order chi connectivity index (χ1) is 8.63. The van der Waals surface area contributed by atoms with Crippen LogP contribution < -0.4 is 9.64 Å². The van der Waals surface area contributed by atoms with Gasteiger partial charge in [0.25, 0.3) is 5.91 Å². The van der Waals surface area contributed by atoms with Crippen molar-refractivity contribution in [3.8, 4) is 5.75 Å². The van der Waals surface area contributed by atoms with Crippen LogP contribution in [0.4, 0.5) is 11.4 Å². The van der Waals surface area contributed by atoms with Crippen LogP contribution in [0.5, 0.6) is 5.75 Å². The van der Waals surface area contributed by atoms with Gasteiger partial charge in [-0.05, 0) is 6.07 Å². The molecular weight excluding hydrogens is 240 g/mol. The Morgan fingerprint density at radius 3 is 2.89 bits per heavy atom. The highest BCUT2D eigenvalue weighted by molar-refractivity contribution is 5.95. The van der Waals surface area contributed by atoms with Crippen molar-refractivity contribution in [3.05, 3.63) is 28.3 Å². The normalized spacial score (nSPS) is 15.6. The van der Waals surface area contributed by atoms with Gasteiger partial charge < -0.3 is 14.4 Å². The molecule has 1 heterocycles. The average molecular weight is 252 g/mol. The largest absolute Gasteiger partial charge is 0.490 e. The number of nitro groups is 1. The van der Waals surface area contributed by atoms with E-state index in [1.807, 2.05) is 0 Å². The molecule has 2 rings (SSSR count). The molecule has 1 aliphatic rings. The zero-order valence-electron chi connectivity index (χ0n) is 9.79. The minimum absolute atomic E-state index is 0.0271. The minimum Gasteiger partial charge on any atom is -0.490 e. The number of anilines is 1. The molecule has 96 valence electrons. The number of ether oxygens (including phenoxy) is 2. The molecule has 7 nitrogen and oxygen atoms in total. The summed E-state index contributed by atoms with van der Waals surface area (Å²) in [6.45, 7) is 0.907. The summed E-state index contributed by atoms with van der Waals surface area (Å²) in [6, 6.07) is 4.35. The lowest BCUT2D eigenvalue weighted by atomic mass is 10.2. The van der Waals surface area contributed by atoms with Gasteiger partial charge in [0.1, 0.15) is 6.61 Å². The molecular formula is C11H12N2O5. The molecule has 1 aromatic carbocycles. The molecule has 0 saturated carbocycles. The number of carbonyl (C=O) groups is 1. The van der Waals surface area contributed by atoms with Crippen molar-refractivity contribution in [3.63, 3.8) is 0 Å². The fourth-order valence-electron chi connectivity index (χ4n) is 1.78. The van der Waals surface area contributed by atoms with E-state index >= 15 is 0 Å². The van der Waals surface area contributed by atoms with E-state index in [0.717, 1.165) is 0 Å². The first kappa shape index (κ1) is 12.3. The Kier molecular flexibility index (Phi) is 3.42. The maximum absolute atomic E-state index is 11.6. The average Bonchev–Trinajstić information content (AvgIpc) is 2.38. The van der Waals surface area contributed by atoms with E-state index in [9.17, 15) is 14.9 Å². The molecule has 0 radical (unpaired) electrons. The third kappa shape index (κ3) is 2.25. The van der Waals surface area contributed by atoms with Crippen LogP contribution in [0.2, 0.25) is 0 Å².